The van der Waals surface area contributed by atoms with Crippen molar-refractivity contribution in [1.82, 2.24) is 4.98 Å². The molecule has 92 valence electrons. The highest BCUT2D eigenvalue weighted by Gasteiger charge is 2.17. The Morgan fingerprint density at radius 3 is 2.69 bits per heavy atom. The molecule has 0 fully saturated rings. The molecule has 0 aromatic carbocycles. The van der Waals surface area contributed by atoms with Crippen LogP contribution in [0.3, 0.4) is 0 Å². The van der Waals surface area contributed by atoms with E-state index in [1.165, 1.54) is 0 Å². The van der Waals surface area contributed by atoms with Gasteiger partial charge < -0.3 is 14.7 Å². The number of ether oxygens (including phenoxy) is 1. The molecule has 1 rings (SSSR count). The fraction of sp³-hybridized carbons (Fsp3) is 0.727. The Labute approximate surface area is 101 Å². The molecule has 0 saturated heterocycles. The molecule has 0 bridgehead atoms. The van der Waals surface area contributed by atoms with Gasteiger partial charge in [0.25, 0.3) is 0 Å². The average molecular weight is 244 g/mol. The molecule has 5 heteroatoms. The summed E-state index contributed by atoms with van der Waals surface area (Å²) in [6.45, 7) is 7.49. The van der Waals surface area contributed by atoms with E-state index >= 15 is 0 Å². The van der Waals surface area contributed by atoms with E-state index in [9.17, 15) is 5.11 Å². The average Bonchev–Trinajstić information content (AvgIpc) is 2.68. The van der Waals surface area contributed by atoms with E-state index in [-0.39, 0.29) is 0 Å². The van der Waals surface area contributed by atoms with Crippen molar-refractivity contribution < 1.29 is 9.84 Å². The number of hydrogen-bond donors (Lipinski definition) is 1. The number of hydrogen-bond acceptors (Lipinski definition) is 5. The predicted molar refractivity (Wildman–Crippen MR) is 67.1 cm³/mol. The van der Waals surface area contributed by atoms with E-state index in [2.05, 4.69) is 23.7 Å². The van der Waals surface area contributed by atoms with E-state index in [1.54, 1.807) is 25.4 Å². The first-order valence-electron chi connectivity index (χ1n) is 5.49. The molecule has 0 radical (unpaired) electrons. The topological polar surface area (TPSA) is 45.6 Å². The number of aliphatic hydroxyl groups is 1. The second kappa shape index (κ2) is 6.18. The van der Waals surface area contributed by atoms with Crippen LogP contribution in [-0.2, 0) is 4.74 Å². The number of thiazole rings is 1. The monoisotopic (exact) mass is 244 g/mol. The molecule has 0 spiro atoms. The maximum atomic E-state index is 9.43. The van der Waals surface area contributed by atoms with Gasteiger partial charge in [-0.15, -0.1) is 11.3 Å². The molecule has 0 aliphatic carbocycles. The van der Waals surface area contributed by atoms with Crippen molar-refractivity contribution in [3.8, 4) is 0 Å². The number of rotatable bonds is 6. The Morgan fingerprint density at radius 1 is 1.56 bits per heavy atom. The minimum Gasteiger partial charge on any atom is -0.387 e. The highest BCUT2D eigenvalue weighted by atomic mass is 32.1. The normalized spacial score (nSPS) is 14.8. The molecule has 1 N–H and O–H groups in total. The van der Waals surface area contributed by atoms with Crippen LogP contribution < -0.4 is 4.90 Å². The van der Waals surface area contributed by atoms with Gasteiger partial charge in [0.15, 0.2) is 5.13 Å². The van der Waals surface area contributed by atoms with Crippen molar-refractivity contribution in [3.05, 3.63) is 11.1 Å². The maximum absolute atomic E-state index is 9.43. The molecule has 1 aromatic rings. The van der Waals surface area contributed by atoms with Gasteiger partial charge in [-0.3, -0.25) is 0 Å². The lowest BCUT2D eigenvalue weighted by atomic mass is 10.3. The Hall–Kier alpha value is -0.650. The summed E-state index contributed by atoms with van der Waals surface area (Å²) in [5.41, 5.74) is 0.739. The molecule has 2 atom stereocenters. The fourth-order valence-corrected chi connectivity index (χ4v) is 2.65. The van der Waals surface area contributed by atoms with E-state index in [4.69, 9.17) is 4.74 Å². The third-order valence-electron chi connectivity index (χ3n) is 2.46. The molecular formula is C11H20N2O2S. The van der Waals surface area contributed by atoms with Gasteiger partial charge in [0, 0.05) is 19.0 Å². The molecular weight excluding hydrogens is 224 g/mol. The second-order valence-corrected chi connectivity index (χ2v) is 4.66. The smallest absolute Gasteiger partial charge is 0.185 e. The number of aliphatic hydroxyl groups excluding tert-OH is 1. The molecule has 1 heterocycles. The summed E-state index contributed by atoms with van der Waals surface area (Å²) in [5.74, 6) is 0. The van der Waals surface area contributed by atoms with Gasteiger partial charge in [0.1, 0.15) is 0 Å². The third-order valence-corrected chi connectivity index (χ3v) is 3.36. The van der Waals surface area contributed by atoms with Crippen LogP contribution in [0.4, 0.5) is 5.13 Å². The Morgan fingerprint density at radius 2 is 2.25 bits per heavy atom. The Balaban J connectivity index is 2.78. The van der Waals surface area contributed by atoms with Crippen LogP contribution in [0.25, 0.3) is 0 Å². The minimum atomic E-state index is -0.499. The van der Waals surface area contributed by atoms with Gasteiger partial charge in [-0.25, -0.2) is 4.98 Å². The van der Waals surface area contributed by atoms with E-state index in [1.807, 2.05) is 5.38 Å². The van der Waals surface area contributed by atoms with Gasteiger partial charge in [-0.1, -0.05) is 0 Å². The zero-order chi connectivity index (χ0) is 12.1. The maximum Gasteiger partial charge on any atom is 0.185 e. The van der Waals surface area contributed by atoms with Crippen molar-refractivity contribution in [1.29, 1.82) is 0 Å². The van der Waals surface area contributed by atoms with Crippen molar-refractivity contribution in [2.45, 2.75) is 32.9 Å². The summed E-state index contributed by atoms with van der Waals surface area (Å²) < 4.78 is 5.15. The lowest BCUT2D eigenvalue weighted by molar-refractivity contribution is 0.181. The molecule has 1 aromatic heterocycles. The Bertz CT molecular complexity index is 315. The van der Waals surface area contributed by atoms with E-state index < -0.39 is 6.10 Å². The van der Waals surface area contributed by atoms with Crippen molar-refractivity contribution in [3.63, 3.8) is 0 Å². The van der Waals surface area contributed by atoms with Gasteiger partial charge in [-0.05, 0) is 20.8 Å². The van der Waals surface area contributed by atoms with Gasteiger partial charge in [-0.2, -0.15) is 0 Å². The first-order valence-corrected chi connectivity index (χ1v) is 6.37. The van der Waals surface area contributed by atoms with Crippen LogP contribution in [0.5, 0.6) is 0 Å². The molecule has 16 heavy (non-hydrogen) atoms. The molecule has 0 saturated carbocycles. The summed E-state index contributed by atoms with van der Waals surface area (Å²) in [7, 11) is 1.70. The van der Waals surface area contributed by atoms with Crippen LogP contribution in [0.1, 0.15) is 32.6 Å². The SMILES string of the molecule is CCN(c1nc(C(C)O)cs1)C(C)COC. The number of methoxy groups -OCH3 is 1. The van der Waals surface area contributed by atoms with Crippen molar-refractivity contribution in [2.75, 3.05) is 25.2 Å². The van der Waals surface area contributed by atoms with Crippen LogP contribution in [0.15, 0.2) is 5.38 Å². The lowest BCUT2D eigenvalue weighted by Gasteiger charge is -2.26. The number of anilines is 1. The third kappa shape index (κ3) is 3.17. The van der Waals surface area contributed by atoms with Gasteiger partial charge >= 0.3 is 0 Å². The van der Waals surface area contributed by atoms with Gasteiger partial charge in [0.2, 0.25) is 0 Å². The number of likely N-dealkylation sites (N-methyl/N-ethyl adjacent to an activating group) is 1. The zero-order valence-corrected chi connectivity index (χ0v) is 11.1. The number of nitrogens with zero attached hydrogens (tertiary/aromatic N) is 2. The van der Waals surface area contributed by atoms with Crippen molar-refractivity contribution in [2.24, 2.45) is 0 Å². The zero-order valence-electron chi connectivity index (χ0n) is 10.3. The van der Waals surface area contributed by atoms with Crippen molar-refractivity contribution >= 4 is 16.5 Å². The summed E-state index contributed by atoms with van der Waals surface area (Å²) in [4.78, 5) is 6.60. The van der Waals surface area contributed by atoms with E-state index in [0.717, 1.165) is 17.4 Å². The quantitative estimate of drug-likeness (QED) is 0.832. The highest BCUT2D eigenvalue weighted by Crippen LogP contribution is 2.25. The highest BCUT2D eigenvalue weighted by molar-refractivity contribution is 7.13. The van der Waals surface area contributed by atoms with Gasteiger partial charge in [0.05, 0.1) is 24.4 Å². The first kappa shape index (κ1) is 13.4. The summed E-state index contributed by atoms with van der Waals surface area (Å²) in [5, 5.41) is 12.3. The standard InChI is InChI=1S/C11H20N2O2S/c1-5-13(8(2)6-15-4)11-12-10(7-16-11)9(3)14/h7-9,14H,5-6H2,1-4H3. The molecule has 0 aliphatic heterocycles. The van der Waals surface area contributed by atoms with E-state index in [0.29, 0.717) is 12.6 Å². The van der Waals surface area contributed by atoms with Crippen LogP contribution in [0.2, 0.25) is 0 Å². The minimum absolute atomic E-state index is 0.294. The lowest BCUT2D eigenvalue weighted by Crippen LogP contribution is -2.36. The first-order chi connectivity index (χ1) is 7.60. The summed E-state index contributed by atoms with van der Waals surface area (Å²) in [6, 6.07) is 0.294. The predicted octanol–water partition coefficient (Wildman–Crippen LogP) is 2.06. The largest absolute Gasteiger partial charge is 0.387 e. The molecule has 4 nitrogen and oxygen atoms in total. The summed E-state index contributed by atoms with van der Waals surface area (Å²) >= 11 is 1.56. The fourth-order valence-electron chi connectivity index (χ4n) is 1.57. The van der Waals surface area contributed by atoms with Crippen LogP contribution in [-0.4, -0.2) is 36.4 Å². The molecule has 2 unspecified atom stereocenters. The van der Waals surface area contributed by atoms with Crippen LogP contribution >= 0.6 is 11.3 Å². The molecule has 0 amide bonds. The van der Waals surface area contributed by atoms with Crippen LogP contribution in [0, 0.1) is 0 Å². The second-order valence-electron chi connectivity index (χ2n) is 3.82. The summed E-state index contributed by atoms with van der Waals surface area (Å²) in [6.07, 6.45) is -0.499. The Kier molecular flexibility index (Phi) is 5.18. The number of aromatic nitrogens is 1. The molecule has 0 aliphatic rings.